The van der Waals surface area contributed by atoms with Crippen LogP contribution in [0.1, 0.15) is 44.7 Å². The van der Waals surface area contributed by atoms with Gasteiger partial charge in [-0.3, -0.25) is 0 Å². The van der Waals surface area contributed by atoms with Crippen molar-refractivity contribution in [3.8, 4) is 11.4 Å². The quantitative estimate of drug-likeness (QED) is 0.852. The van der Waals surface area contributed by atoms with Gasteiger partial charge in [0.15, 0.2) is 5.82 Å². The van der Waals surface area contributed by atoms with Gasteiger partial charge in [-0.1, -0.05) is 20.3 Å². The number of benzene rings is 1. The molecule has 5 heteroatoms. The van der Waals surface area contributed by atoms with E-state index in [4.69, 9.17) is 5.73 Å². The molecule has 1 heterocycles. The molecule has 1 aromatic heterocycles. The standard InChI is InChI=1S/C15H21N5/c1-10-9-11(16)6-7-12(10)14-17-18-19-20(14)13-5-4-8-15(13,2)3/h6-7,9,13H,4-5,8,16H2,1-3H3. The number of hydrogen-bond donors (Lipinski definition) is 1. The van der Waals surface area contributed by atoms with Gasteiger partial charge < -0.3 is 5.73 Å². The Balaban J connectivity index is 2.06. The molecule has 1 fully saturated rings. The first-order chi connectivity index (χ1) is 9.49. The van der Waals surface area contributed by atoms with Crippen LogP contribution >= 0.6 is 0 Å². The van der Waals surface area contributed by atoms with Gasteiger partial charge in [0, 0.05) is 11.3 Å². The minimum absolute atomic E-state index is 0.242. The second-order valence-corrected chi connectivity index (χ2v) is 6.42. The zero-order chi connectivity index (χ0) is 14.3. The molecule has 2 N–H and O–H groups in total. The highest BCUT2D eigenvalue weighted by Gasteiger charge is 2.38. The zero-order valence-corrected chi connectivity index (χ0v) is 12.3. The Morgan fingerprint density at radius 3 is 2.80 bits per heavy atom. The third kappa shape index (κ3) is 2.07. The molecular weight excluding hydrogens is 250 g/mol. The SMILES string of the molecule is Cc1cc(N)ccc1-c1nnnn1C1CCCC1(C)C. The van der Waals surface area contributed by atoms with Crippen LogP contribution in [0.3, 0.4) is 0 Å². The lowest BCUT2D eigenvalue weighted by Crippen LogP contribution is -2.23. The fraction of sp³-hybridized carbons (Fsp3) is 0.533. The topological polar surface area (TPSA) is 69.6 Å². The van der Waals surface area contributed by atoms with Gasteiger partial charge in [0.1, 0.15) is 0 Å². The van der Waals surface area contributed by atoms with Crippen molar-refractivity contribution >= 4 is 5.69 Å². The fourth-order valence-electron chi connectivity index (χ4n) is 3.28. The highest BCUT2D eigenvalue weighted by molar-refractivity contribution is 5.63. The van der Waals surface area contributed by atoms with E-state index < -0.39 is 0 Å². The van der Waals surface area contributed by atoms with Gasteiger partial charge in [-0.2, -0.15) is 0 Å². The van der Waals surface area contributed by atoms with E-state index in [2.05, 4.69) is 29.4 Å². The van der Waals surface area contributed by atoms with E-state index in [0.29, 0.717) is 6.04 Å². The first kappa shape index (κ1) is 13.1. The summed E-state index contributed by atoms with van der Waals surface area (Å²) in [5, 5.41) is 12.4. The number of aryl methyl sites for hydroxylation is 1. The van der Waals surface area contributed by atoms with Crippen molar-refractivity contribution in [2.45, 2.75) is 46.1 Å². The second kappa shape index (κ2) is 4.58. The number of nitrogens with zero attached hydrogens (tertiary/aromatic N) is 4. The lowest BCUT2D eigenvalue weighted by molar-refractivity contribution is 0.242. The average Bonchev–Trinajstić information content (AvgIpc) is 2.95. The lowest BCUT2D eigenvalue weighted by atomic mass is 9.87. The number of anilines is 1. The minimum Gasteiger partial charge on any atom is -0.399 e. The van der Waals surface area contributed by atoms with Crippen molar-refractivity contribution in [2.24, 2.45) is 5.41 Å². The molecule has 3 rings (SSSR count). The van der Waals surface area contributed by atoms with E-state index in [-0.39, 0.29) is 5.41 Å². The van der Waals surface area contributed by atoms with Crippen molar-refractivity contribution in [3.63, 3.8) is 0 Å². The van der Waals surface area contributed by atoms with Crippen molar-refractivity contribution < 1.29 is 0 Å². The van der Waals surface area contributed by atoms with Gasteiger partial charge in [-0.25, -0.2) is 4.68 Å². The molecule has 1 aliphatic rings. The molecule has 20 heavy (non-hydrogen) atoms. The monoisotopic (exact) mass is 271 g/mol. The Bertz CT molecular complexity index is 629. The maximum absolute atomic E-state index is 5.83. The molecule has 1 atom stereocenters. The Labute approximate surface area is 119 Å². The van der Waals surface area contributed by atoms with Crippen LogP contribution in [0.5, 0.6) is 0 Å². The summed E-state index contributed by atoms with van der Waals surface area (Å²) >= 11 is 0. The first-order valence-electron chi connectivity index (χ1n) is 7.13. The highest BCUT2D eigenvalue weighted by atomic mass is 15.6. The molecule has 1 saturated carbocycles. The third-order valence-electron chi connectivity index (χ3n) is 4.48. The molecule has 1 unspecified atom stereocenters. The molecule has 106 valence electrons. The van der Waals surface area contributed by atoms with Crippen LogP contribution in [0.25, 0.3) is 11.4 Å². The maximum Gasteiger partial charge on any atom is 0.182 e. The second-order valence-electron chi connectivity index (χ2n) is 6.42. The van der Waals surface area contributed by atoms with E-state index in [1.165, 1.54) is 12.8 Å². The summed E-state index contributed by atoms with van der Waals surface area (Å²) in [5.74, 6) is 0.850. The summed E-state index contributed by atoms with van der Waals surface area (Å²) in [6.07, 6.45) is 3.59. The Morgan fingerprint density at radius 2 is 2.15 bits per heavy atom. The first-order valence-corrected chi connectivity index (χ1v) is 7.13. The summed E-state index contributed by atoms with van der Waals surface area (Å²) in [5.41, 5.74) is 9.01. The van der Waals surface area contributed by atoms with Crippen LogP contribution in [0.15, 0.2) is 18.2 Å². The van der Waals surface area contributed by atoms with Gasteiger partial charge in [0.05, 0.1) is 6.04 Å². The molecule has 0 bridgehead atoms. The van der Waals surface area contributed by atoms with Crippen LogP contribution in [0, 0.1) is 12.3 Å². The van der Waals surface area contributed by atoms with Gasteiger partial charge >= 0.3 is 0 Å². The Kier molecular flexibility index (Phi) is 3.00. The van der Waals surface area contributed by atoms with Crippen LogP contribution in [0.4, 0.5) is 5.69 Å². The normalized spacial score (nSPS) is 21.2. The summed E-state index contributed by atoms with van der Waals surface area (Å²) in [6, 6.07) is 6.24. The Hall–Kier alpha value is -1.91. The smallest absolute Gasteiger partial charge is 0.182 e. The summed E-state index contributed by atoms with van der Waals surface area (Å²) in [7, 11) is 0. The number of nitrogen functional groups attached to an aromatic ring is 1. The third-order valence-corrected chi connectivity index (χ3v) is 4.48. The van der Waals surface area contributed by atoms with Crippen molar-refractivity contribution in [3.05, 3.63) is 23.8 Å². The molecule has 1 aliphatic carbocycles. The van der Waals surface area contributed by atoms with Gasteiger partial charge in [-0.15, -0.1) is 5.10 Å². The molecule has 0 aliphatic heterocycles. The number of tetrazole rings is 1. The number of nitrogens with two attached hydrogens (primary N) is 1. The minimum atomic E-state index is 0.242. The fourth-order valence-corrected chi connectivity index (χ4v) is 3.28. The Morgan fingerprint density at radius 1 is 1.35 bits per heavy atom. The average molecular weight is 271 g/mol. The molecule has 5 nitrogen and oxygen atoms in total. The van der Waals surface area contributed by atoms with Crippen molar-refractivity contribution in [1.29, 1.82) is 0 Å². The molecule has 1 aromatic carbocycles. The number of hydrogen-bond acceptors (Lipinski definition) is 4. The van der Waals surface area contributed by atoms with E-state index in [9.17, 15) is 0 Å². The van der Waals surface area contributed by atoms with Crippen molar-refractivity contribution in [2.75, 3.05) is 5.73 Å². The molecule has 0 saturated heterocycles. The molecule has 0 radical (unpaired) electrons. The molecular formula is C15H21N5. The summed E-state index contributed by atoms with van der Waals surface area (Å²) < 4.78 is 2.01. The van der Waals surface area contributed by atoms with E-state index in [0.717, 1.165) is 29.1 Å². The van der Waals surface area contributed by atoms with Crippen LogP contribution < -0.4 is 5.73 Å². The van der Waals surface area contributed by atoms with Crippen LogP contribution in [0.2, 0.25) is 0 Å². The largest absolute Gasteiger partial charge is 0.399 e. The zero-order valence-electron chi connectivity index (χ0n) is 12.3. The lowest BCUT2D eigenvalue weighted by Gasteiger charge is -2.27. The van der Waals surface area contributed by atoms with E-state index in [1.807, 2.05) is 29.8 Å². The van der Waals surface area contributed by atoms with Gasteiger partial charge in [-0.05, 0) is 59.4 Å². The summed E-state index contributed by atoms with van der Waals surface area (Å²) in [4.78, 5) is 0. The van der Waals surface area contributed by atoms with E-state index in [1.54, 1.807) is 0 Å². The van der Waals surface area contributed by atoms with Gasteiger partial charge in [0.2, 0.25) is 0 Å². The maximum atomic E-state index is 5.83. The van der Waals surface area contributed by atoms with Crippen LogP contribution in [-0.4, -0.2) is 20.2 Å². The van der Waals surface area contributed by atoms with E-state index >= 15 is 0 Å². The van der Waals surface area contributed by atoms with Crippen molar-refractivity contribution in [1.82, 2.24) is 20.2 Å². The highest BCUT2D eigenvalue weighted by Crippen LogP contribution is 2.46. The van der Waals surface area contributed by atoms with Crippen LogP contribution in [-0.2, 0) is 0 Å². The predicted molar refractivity (Wildman–Crippen MR) is 79.1 cm³/mol. The predicted octanol–water partition coefficient (Wildman–Crippen LogP) is 2.98. The molecule has 0 amide bonds. The number of rotatable bonds is 2. The summed E-state index contributed by atoms with van der Waals surface area (Å²) in [6.45, 7) is 6.64. The number of aromatic nitrogens is 4. The molecule has 0 spiro atoms. The molecule has 2 aromatic rings. The van der Waals surface area contributed by atoms with Gasteiger partial charge in [0.25, 0.3) is 0 Å².